The van der Waals surface area contributed by atoms with Gasteiger partial charge in [0, 0.05) is 30.4 Å². The first kappa shape index (κ1) is 18.5. The number of hydrogen-bond acceptors (Lipinski definition) is 6. The van der Waals surface area contributed by atoms with E-state index in [-0.39, 0.29) is 35.9 Å². The second-order valence-electron chi connectivity index (χ2n) is 6.31. The van der Waals surface area contributed by atoms with Crippen molar-refractivity contribution in [2.75, 3.05) is 13.2 Å². The number of nitrogens with zero attached hydrogens (tertiary/aromatic N) is 4. The van der Waals surface area contributed by atoms with Gasteiger partial charge in [-0.3, -0.25) is 9.36 Å². The number of halogens is 4. The number of aromatic nitrogens is 3. The van der Waals surface area contributed by atoms with Gasteiger partial charge in [0.1, 0.15) is 6.33 Å². The zero-order valence-electron chi connectivity index (χ0n) is 14.3. The lowest BCUT2D eigenvalue weighted by atomic mass is 10.1. The van der Waals surface area contributed by atoms with Crippen molar-refractivity contribution in [3.63, 3.8) is 0 Å². The molecule has 0 saturated carbocycles. The van der Waals surface area contributed by atoms with Crippen molar-refractivity contribution in [2.24, 2.45) is 10.7 Å². The summed E-state index contributed by atoms with van der Waals surface area (Å²) < 4.78 is 59.7. The van der Waals surface area contributed by atoms with Crippen molar-refractivity contribution in [3.05, 3.63) is 35.2 Å². The molecular formula is C16H14F4N6O2. The van der Waals surface area contributed by atoms with Gasteiger partial charge in [0.05, 0.1) is 24.8 Å². The predicted octanol–water partition coefficient (Wildman–Crippen LogP) is 1.49. The molecule has 4 heterocycles. The molecule has 0 radical (unpaired) electrons. The fourth-order valence-corrected chi connectivity index (χ4v) is 3.04. The molecule has 2 aromatic heterocycles. The number of carbonyl (C=O) groups is 1. The van der Waals surface area contributed by atoms with E-state index in [0.717, 1.165) is 10.9 Å². The maximum absolute atomic E-state index is 14.9. The first-order valence-corrected chi connectivity index (χ1v) is 8.28. The van der Waals surface area contributed by atoms with E-state index in [1.807, 2.05) is 0 Å². The molecule has 28 heavy (non-hydrogen) atoms. The van der Waals surface area contributed by atoms with Gasteiger partial charge in [0.25, 0.3) is 5.91 Å². The Morgan fingerprint density at radius 3 is 2.86 bits per heavy atom. The monoisotopic (exact) mass is 398 g/mol. The highest BCUT2D eigenvalue weighted by Gasteiger charge is 2.35. The molecule has 2 aliphatic rings. The number of alkyl halides is 3. The number of aliphatic imine (C=N–C) groups is 1. The lowest BCUT2D eigenvalue weighted by Crippen LogP contribution is -2.39. The highest BCUT2D eigenvalue weighted by molar-refractivity contribution is 6.01. The van der Waals surface area contributed by atoms with Crippen molar-refractivity contribution in [1.82, 2.24) is 19.9 Å². The summed E-state index contributed by atoms with van der Waals surface area (Å²) in [5.74, 6) is -1.99. The van der Waals surface area contributed by atoms with Gasteiger partial charge in [0.2, 0.25) is 0 Å². The van der Waals surface area contributed by atoms with Gasteiger partial charge in [-0.05, 0) is 0 Å². The van der Waals surface area contributed by atoms with Crippen LogP contribution in [0.25, 0.3) is 5.82 Å². The summed E-state index contributed by atoms with van der Waals surface area (Å²) in [6.07, 6.45) is -2.75. The van der Waals surface area contributed by atoms with Gasteiger partial charge in [0.15, 0.2) is 23.1 Å². The molecule has 1 atom stereocenters. The molecule has 8 nitrogen and oxygen atoms in total. The Balaban J connectivity index is 1.86. The minimum Gasteiger partial charge on any atom is -0.379 e. The van der Waals surface area contributed by atoms with Gasteiger partial charge in [-0.15, -0.1) is 0 Å². The SMILES string of the molecule is N[C@H]1COCCC1=Nc1nc(-n2cnc(C(F)(F)F)c2)c2c(c1F)CNC2=O. The number of nitrogens with one attached hydrogen (secondary N) is 1. The molecule has 12 heteroatoms. The number of carbonyl (C=O) groups excluding carboxylic acids is 1. The summed E-state index contributed by atoms with van der Waals surface area (Å²) in [5.41, 5.74) is 5.03. The van der Waals surface area contributed by atoms with Gasteiger partial charge in [-0.25, -0.2) is 19.4 Å². The van der Waals surface area contributed by atoms with Gasteiger partial charge in [-0.2, -0.15) is 13.2 Å². The van der Waals surface area contributed by atoms with Crippen LogP contribution < -0.4 is 11.1 Å². The highest BCUT2D eigenvalue weighted by Crippen LogP contribution is 2.32. The molecule has 0 aromatic carbocycles. The summed E-state index contributed by atoms with van der Waals surface area (Å²) in [6, 6.07) is -0.545. The smallest absolute Gasteiger partial charge is 0.379 e. The molecule has 1 saturated heterocycles. The Kier molecular flexibility index (Phi) is 4.38. The Labute approximate surface area is 155 Å². The molecule has 1 fully saturated rings. The predicted molar refractivity (Wildman–Crippen MR) is 88.0 cm³/mol. The number of ether oxygens (including phenoxy) is 1. The van der Waals surface area contributed by atoms with Crippen LogP contribution in [0.2, 0.25) is 0 Å². The van der Waals surface area contributed by atoms with E-state index in [0.29, 0.717) is 24.9 Å². The molecule has 148 valence electrons. The molecule has 0 bridgehead atoms. The minimum atomic E-state index is -4.67. The Morgan fingerprint density at radius 1 is 1.39 bits per heavy atom. The van der Waals surface area contributed by atoms with E-state index in [2.05, 4.69) is 20.3 Å². The van der Waals surface area contributed by atoms with Crippen LogP contribution in [0.3, 0.4) is 0 Å². The third-order valence-corrected chi connectivity index (χ3v) is 4.45. The van der Waals surface area contributed by atoms with Crippen LogP contribution in [0, 0.1) is 5.82 Å². The number of rotatable bonds is 2. The van der Waals surface area contributed by atoms with Crippen LogP contribution in [0.1, 0.15) is 28.0 Å². The standard InChI is InChI=1S/C16H14F4N6O2/c17-12-7-3-22-15(27)11(7)14(26-4-10(23-6-26)16(18,19)20)25-13(12)24-9-1-2-28-5-8(9)21/h4,6,8H,1-3,5,21H2,(H,22,27)/t8-/m0/s1. The van der Waals surface area contributed by atoms with Crippen LogP contribution >= 0.6 is 0 Å². The van der Waals surface area contributed by atoms with Crippen molar-refractivity contribution in [1.29, 1.82) is 0 Å². The maximum atomic E-state index is 14.9. The van der Waals surface area contributed by atoms with Crippen LogP contribution in [-0.2, 0) is 17.5 Å². The third-order valence-electron chi connectivity index (χ3n) is 4.45. The fraction of sp³-hybridized carbons (Fsp3) is 0.375. The van der Waals surface area contributed by atoms with Crippen LogP contribution in [0.4, 0.5) is 23.4 Å². The topological polar surface area (TPSA) is 107 Å². The third kappa shape index (κ3) is 3.14. The first-order chi connectivity index (χ1) is 13.3. The van der Waals surface area contributed by atoms with Gasteiger partial charge < -0.3 is 15.8 Å². The number of amides is 1. The average Bonchev–Trinajstić information content (AvgIpc) is 3.27. The summed E-state index contributed by atoms with van der Waals surface area (Å²) in [5, 5.41) is 2.44. The summed E-state index contributed by atoms with van der Waals surface area (Å²) in [6.45, 7) is 0.459. The zero-order chi connectivity index (χ0) is 20.1. The molecule has 3 N–H and O–H groups in total. The fourth-order valence-electron chi connectivity index (χ4n) is 3.04. The number of fused-ring (bicyclic) bond motifs is 1. The number of pyridine rings is 1. The summed E-state index contributed by atoms with van der Waals surface area (Å²) in [4.78, 5) is 23.6. The largest absolute Gasteiger partial charge is 0.434 e. The van der Waals surface area contributed by atoms with Crippen molar-refractivity contribution < 1.29 is 27.1 Å². The van der Waals surface area contributed by atoms with E-state index >= 15 is 0 Å². The Hall–Kier alpha value is -2.86. The Morgan fingerprint density at radius 2 is 2.18 bits per heavy atom. The quantitative estimate of drug-likeness (QED) is 0.746. The molecule has 1 amide bonds. The van der Waals surface area contributed by atoms with Crippen molar-refractivity contribution in [2.45, 2.75) is 25.2 Å². The highest BCUT2D eigenvalue weighted by atomic mass is 19.4. The number of hydrogen-bond donors (Lipinski definition) is 2. The van der Waals surface area contributed by atoms with E-state index in [1.165, 1.54) is 0 Å². The van der Waals surface area contributed by atoms with E-state index < -0.39 is 29.6 Å². The normalized spacial score (nSPS) is 21.1. The zero-order valence-corrected chi connectivity index (χ0v) is 14.3. The molecule has 2 aromatic rings. The average molecular weight is 398 g/mol. The molecule has 0 aliphatic carbocycles. The van der Waals surface area contributed by atoms with E-state index in [1.54, 1.807) is 0 Å². The van der Waals surface area contributed by atoms with Gasteiger partial charge in [-0.1, -0.05) is 0 Å². The second-order valence-corrected chi connectivity index (χ2v) is 6.31. The number of nitrogens with two attached hydrogens (primary N) is 1. The van der Waals surface area contributed by atoms with Crippen LogP contribution in [0.15, 0.2) is 17.5 Å². The second kappa shape index (κ2) is 6.63. The first-order valence-electron chi connectivity index (χ1n) is 8.28. The van der Waals surface area contributed by atoms with E-state index in [9.17, 15) is 22.4 Å². The summed E-state index contributed by atoms with van der Waals surface area (Å²) in [7, 11) is 0. The lowest BCUT2D eigenvalue weighted by Gasteiger charge is -2.20. The van der Waals surface area contributed by atoms with E-state index in [4.69, 9.17) is 10.5 Å². The van der Waals surface area contributed by atoms with Crippen LogP contribution in [-0.4, -0.2) is 45.4 Å². The lowest BCUT2D eigenvalue weighted by molar-refractivity contribution is -0.140. The molecular weight excluding hydrogens is 384 g/mol. The number of imidazole rings is 1. The van der Waals surface area contributed by atoms with Crippen molar-refractivity contribution in [3.8, 4) is 5.82 Å². The molecule has 0 spiro atoms. The van der Waals surface area contributed by atoms with Crippen LogP contribution in [0.5, 0.6) is 0 Å². The molecule has 2 aliphatic heterocycles. The minimum absolute atomic E-state index is 0.0164. The summed E-state index contributed by atoms with van der Waals surface area (Å²) >= 11 is 0. The van der Waals surface area contributed by atoms with Crippen molar-refractivity contribution >= 4 is 17.4 Å². The van der Waals surface area contributed by atoms with Gasteiger partial charge >= 0.3 is 6.18 Å². The molecule has 0 unspecified atom stereocenters. The molecule has 4 rings (SSSR count). The Bertz CT molecular complexity index is 984. The maximum Gasteiger partial charge on any atom is 0.434 e.